The summed E-state index contributed by atoms with van der Waals surface area (Å²) < 4.78 is 11.4. The highest BCUT2D eigenvalue weighted by molar-refractivity contribution is 7.99. The molecule has 1 heterocycles. The van der Waals surface area contributed by atoms with Gasteiger partial charge in [-0.1, -0.05) is 18.2 Å². The van der Waals surface area contributed by atoms with Gasteiger partial charge in [0.2, 0.25) is 0 Å². The van der Waals surface area contributed by atoms with Gasteiger partial charge in [0.25, 0.3) is 0 Å². The van der Waals surface area contributed by atoms with Gasteiger partial charge in [-0.2, -0.15) is 0 Å². The van der Waals surface area contributed by atoms with Crippen LogP contribution >= 0.6 is 11.8 Å². The van der Waals surface area contributed by atoms with Crippen molar-refractivity contribution in [2.45, 2.75) is 50.2 Å². The molecule has 4 nitrogen and oxygen atoms in total. The zero-order valence-corrected chi connectivity index (χ0v) is 17.0. The minimum Gasteiger partial charge on any atom is -0.457 e. The number of para-hydroxylation sites is 1. The topological polar surface area (TPSA) is 38.8 Å². The Hall–Kier alpha value is -2.14. The maximum atomic E-state index is 12.4. The highest BCUT2D eigenvalue weighted by atomic mass is 32.2. The maximum Gasteiger partial charge on any atom is 0.410 e. The van der Waals surface area contributed by atoms with Crippen LogP contribution in [0.15, 0.2) is 59.5 Å². The lowest BCUT2D eigenvalue weighted by molar-refractivity contribution is 0.0242. The smallest absolute Gasteiger partial charge is 0.410 e. The Bertz CT molecular complexity index is 740. The van der Waals surface area contributed by atoms with Crippen molar-refractivity contribution in [1.82, 2.24) is 4.90 Å². The van der Waals surface area contributed by atoms with E-state index in [0.29, 0.717) is 0 Å². The summed E-state index contributed by atoms with van der Waals surface area (Å²) in [4.78, 5) is 15.4. The first-order valence-electron chi connectivity index (χ1n) is 9.36. The molecule has 0 aromatic heterocycles. The summed E-state index contributed by atoms with van der Waals surface area (Å²) in [7, 11) is 0. The molecule has 0 unspecified atom stereocenters. The van der Waals surface area contributed by atoms with Gasteiger partial charge in [0.05, 0.1) is 0 Å². The summed E-state index contributed by atoms with van der Waals surface area (Å²) >= 11 is 1.77. The van der Waals surface area contributed by atoms with Crippen molar-refractivity contribution in [3.8, 4) is 11.5 Å². The first kappa shape index (κ1) is 19.6. The fraction of sp³-hybridized carbons (Fsp3) is 0.409. The number of likely N-dealkylation sites (tertiary alicyclic amines) is 1. The summed E-state index contributed by atoms with van der Waals surface area (Å²) in [6, 6.07) is 18.1. The first-order valence-corrected chi connectivity index (χ1v) is 10.3. The molecule has 2 aromatic carbocycles. The summed E-state index contributed by atoms with van der Waals surface area (Å²) in [6.45, 7) is 6.50. The van der Waals surface area contributed by atoms with Crippen molar-refractivity contribution in [2.24, 2.45) is 0 Å². The molecule has 1 saturated heterocycles. The van der Waals surface area contributed by atoms with Crippen LogP contribution in [0.25, 0.3) is 0 Å². The standard InChI is InChI=1S/C22H27NO3S/c1-22(2,3)26-21(24)23-15-7-8-17(23)16-27-20-13-11-19(12-14-20)25-18-9-5-4-6-10-18/h4-6,9-14,17H,7-8,15-16H2,1-3H3/t17-/m1/s1. The molecule has 0 bridgehead atoms. The van der Waals surface area contributed by atoms with Crippen LogP contribution in [-0.4, -0.2) is 34.9 Å². The third kappa shape index (κ3) is 5.93. The maximum absolute atomic E-state index is 12.4. The van der Waals surface area contributed by atoms with E-state index in [1.54, 1.807) is 11.8 Å². The fourth-order valence-corrected chi connectivity index (χ4v) is 4.05. The van der Waals surface area contributed by atoms with Crippen molar-refractivity contribution in [1.29, 1.82) is 0 Å². The lowest BCUT2D eigenvalue weighted by Crippen LogP contribution is -2.40. The number of thioether (sulfide) groups is 1. The summed E-state index contributed by atoms with van der Waals surface area (Å²) in [6.07, 6.45) is 1.87. The van der Waals surface area contributed by atoms with Crippen LogP contribution in [0.1, 0.15) is 33.6 Å². The fourth-order valence-electron chi connectivity index (χ4n) is 2.99. The van der Waals surface area contributed by atoms with Gasteiger partial charge >= 0.3 is 6.09 Å². The predicted molar refractivity (Wildman–Crippen MR) is 110 cm³/mol. The number of hydrogen-bond acceptors (Lipinski definition) is 4. The van der Waals surface area contributed by atoms with E-state index in [4.69, 9.17) is 9.47 Å². The molecule has 0 spiro atoms. The Labute approximate surface area is 165 Å². The monoisotopic (exact) mass is 385 g/mol. The average molecular weight is 386 g/mol. The third-order valence-electron chi connectivity index (χ3n) is 4.25. The Kier molecular flexibility index (Phi) is 6.32. The van der Waals surface area contributed by atoms with Crippen LogP contribution in [0.5, 0.6) is 11.5 Å². The normalized spacial score (nSPS) is 17.0. The largest absolute Gasteiger partial charge is 0.457 e. The van der Waals surface area contributed by atoms with E-state index in [9.17, 15) is 4.79 Å². The molecular formula is C22H27NO3S. The van der Waals surface area contributed by atoms with Crippen LogP contribution in [0.4, 0.5) is 4.79 Å². The highest BCUT2D eigenvalue weighted by Crippen LogP contribution is 2.29. The summed E-state index contributed by atoms with van der Waals surface area (Å²) in [5.74, 6) is 2.52. The van der Waals surface area contributed by atoms with Gasteiger partial charge in [0, 0.05) is 23.2 Å². The zero-order valence-electron chi connectivity index (χ0n) is 16.2. The second-order valence-electron chi connectivity index (χ2n) is 7.67. The Morgan fingerprint density at radius 3 is 2.41 bits per heavy atom. The Balaban J connectivity index is 1.52. The van der Waals surface area contributed by atoms with Gasteiger partial charge < -0.3 is 14.4 Å². The molecule has 27 heavy (non-hydrogen) atoms. The van der Waals surface area contributed by atoms with Crippen LogP contribution in [0, 0.1) is 0 Å². The predicted octanol–water partition coefficient (Wildman–Crippen LogP) is 5.97. The molecular weight excluding hydrogens is 358 g/mol. The van der Waals surface area contributed by atoms with E-state index in [0.717, 1.165) is 36.6 Å². The lowest BCUT2D eigenvalue weighted by atomic mass is 10.2. The molecule has 5 heteroatoms. The second kappa shape index (κ2) is 8.70. The molecule has 1 aliphatic rings. The molecule has 0 saturated carbocycles. The number of carbonyl (C=O) groups excluding carboxylic acids is 1. The van der Waals surface area contributed by atoms with Gasteiger partial charge in [0.15, 0.2) is 0 Å². The van der Waals surface area contributed by atoms with E-state index in [-0.39, 0.29) is 12.1 Å². The lowest BCUT2D eigenvalue weighted by Gasteiger charge is -2.28. The molecule has 0 radical (unpaired) electrons. The second-order valence-corrected chi connectivity index (χ2v) is 8.76. The van der Waals surface area contributed by atoms with Crippen LogP contribution < -0.4 is 4.74 Å². The molecule has 144 valence electrons. The minimum absolute atomic E-state index is 0.197. The quantitative estimate of drug-likeness (QED) is 0.594. The number of nitrogens with zero attached hydrogens (tertiary/aromatic N) is 1. The van der Waals surface area contributed by atoms with E-state index in [1.165, 1.54) is 4.90 Å². The van der Waals surface area contributed by atoms with Crippen LogP contribution in [0.2, 0.25) is 0 Å². The van der Waals surface area contributed by atoms with E-state index in [1.807, 2.05) is 68.1 Å². The van der Waals surface area contributed by atoms with E-state index < -0.39 is 5.60 Å². The molecule has 1 atom stereocenters. The minimum atomic E-state index is -0.452. The molecule has 1 amide bonds. The molecule has 1 fully saturated rings. The van der Waals surface area contributed by atoms with Gasteiger partial charge in [-0.25, -0.2) is 4.79 Å². The Morgan fingerprint density at radius 2 is 1.74 bits per heavy atom. The summed E-state index contributed by atoms with van der Waals surface area (Å²) in [5, 5.41) is 0. The van der Waals surface area contributed by atoms with Gasteiger partial charge in [0.1, 0.15) is 17.1 Å². The van der Waals surface area contributed by atoms with Crippen LogP contribution in [0.3, 0.4) is 0 Å². The SMILES string of the molecule is CC(C)(C)OC(=O)N1CCC[C@@H]1CSc1ccc(Oc2ccccc2)cc1. The molecule has 3 rings (SSSR count). The van der Waals surface area contributed by atoms with Gasteiger partial charge in [-0.3, -0.25) is 0 Å². The molecule has 0 N–H and O–H groups in total. The number of benzene rings is 2. The number of carbonyl (C=O) groups is 1. The number of amides is 1. The molecule has 2 aromatic rings. The van der Waals surface area contributed by atoms with E-state index in [2.05, 4.69) is 12.1 Å². The van der Waals surface area contributed by atoms with Crippen molar-refractivity contribution in [2.75, 3.05) is 12.3 Å². The van der Waals surface area contributed by atoms with Crippen LogP contribution in [-0.2, 0) is 4.74 Å². The van der Waals surface area contributed by atoms with Crippen molar-refractivity contribution in [3.05, 3.63) is 54.6 Å². The van der Waals surface area contributed by atoms with Gasteiger partial charge in [-0.15, -0.1) is 11.8 Å². The first-order chi connectivity index (χ1) is 12.9. The van der Waals surface area contributed by atoms with E-state index >= 15 is 0 Å². The van der Waals surface area contributed by atoms with Crippen molar-refractivity contribution >= 4 is 17.9 Å². The third-order valence-corrected chi connectivity index (χ3v) is 5.41. The number of rotatable bonds is 5. The Morgan fingerprint density at radius 1 is 1.07 bits per heavy atom. The molecule has 0 aliphatic carbocycles. The van der Waals surface area contributed by atoms with Crippen molar-refractivity contribution in [3.63, 3.8) is 0 Å². The number of hydrogen-bond donors (Lipinski definition) is 0. The zero-order chi connectivity index (χ0) is 19.3. The summed E-state index contributed by atoms with van der Waals surface area (Å²) in [5.41, 5.74) is -0.452. The average Bonchev–Trinajstić information content (AvgIpc) is 3.09. The highest BCUT2D eigenvalue weighted by Gasteiger charge is 2.32. The van der Waals surface area contributed by atoms with Crippen molar-refractivity contribution < 1.29 is 14.3 Å². The molecule has 1 aliphatic heterocycles. The van der Waals surface area contributed by atoms with Gasteiger partial charge in [-0.05, 0) is 70.0 Å². The number of ether oxygens (including phenoxy) is 2.